The predicted octanol–water partition coefficient (Wildman–Crippen LogP) is 5.74. The van der Waals surface area contributed by atoms with E-state index in [0.717, 1.165) is 97.4 Å². The van der Waals surface area contributed by atoms with Gasteiger partial charge in [0.1, 0.15) is 5.82 Å². The van der Waals surface area contributed by atoms with Gasteiger partial charge in [-0.1, -0.05) is 6.92 Å². The van der Waals surface area contributed by atoms with E-state index in [4.69, 9.17) is 0 Å². The molecule has 6 rings (SSSR count). The summed E-state index contributed by atoms with van der Waals surface area (Å²) in [6, 6.07) is 10.7. The lowest BCUT2D eigenvalue weighted by Gasteiger charge is -2.43. The van der Waals surface area contributed by atoms with E-state index in [1.807, 2.05) is 21.8 Å². The number of nitrogens with zero attached hydrogens (tertiary/aromatic N) is 6. The number of hydrogen-bond donors (Lipinski definition) is 0. The van der Waals surface area contributed by atoms with Gasteiger partial charge in [-0.3, -0.25) is 9.48 Å². The molecule has 0 radical (unpaired) electrons. The third-order valence-electron chi connectivity index (χ3n) is 8.18. The Labute approximate surface area is 233 Å². The quantitative estimate of drug-likeness (QED) is 0.277. The van der Waals surface area contributed by atoms with Gasteiger partial charge in [0.2, 0.25) is 5.91 Å². The molecule has 0 aliphatic carbocycles. The van der Waals surface area contributed by atoms with Crippen LogP contribution in [-0.4, -0.2) is 60.9 Å². The number of likely N-dealkylation sites (tertiary alicyclic amines) is 1. The molecule has 2 saturated heterocycles. The molecule has 2 aromatic heterocycles. The largest absolute Gasteiger partial charge is 0.342 e. The molecule has 2 fully saturated rings. The van der Waals surface area contributed by atoms with Crippen molar-refractivity contribution in [2.45, 2.75) is 62.8 Å². The number of fused-ring (bicyclic) bond motifs is 1. The van der Waals surface area contributed by atoms with Gasteiger partial charge in [-0.2, -0.15) is 10.2 Å². The second-order valence-corrected chi connectivity index (χ2v) is 12.0. The van der Waals surface area contributed by atoms with Crippen molar-refractivity contribution >= 4 is 28.8 Å². The van der Waals surface area contributed by atoms with Gasteiger partial charge in [0.25, 0.3) is 0 Å². The highest BCUT2D eigenvalue weighted by Crippen LogP contribution is 2.43. The summed E-state index contributed by atoms with van der Waals surface area (Å²) in [6.07, 6.45) is 10.7. The van der Waals surface area contributed by atoms with Crippen molar-refractivity contribution in [1.82, 2.24) is 28.8 Å². The summed E-state index contributed by atoms with van der Waals surface area (Å²) in [4.78, 5) is 17.5. The third kappa shape index (κ3) is 4.98. The number of amides is 1. The van der Waals surface area contributed by atoms with Gasteiger partial charge in [-0.05, 0) is 98.5 Å². The Morgan fingerprint density at radius 2 is 1.77 bits per heavy atom. The van der Waals surface area contributed by atoms with E-state index in [1.54, 1.807) is 24.1 Å². The van der Waals surface area contributed by atoms with Crippen molar-refractivity contribution in [3.8, 4) is 5.69 Å². The van der Waals surface area contributed by atoms with E-state index >= 15 is 0 Å². The molecule has 2 aliphatic rings. The minimum absolute atomic E-state index is 0.268. The topological polar surface area (TPSA) is 59.2 Å². The minimum Gasteiger partial charge on any atom is -0.342 e. The highest BCUT2D eigenvalue weighted by Gasteiger charge is 2.46. The number of aryl methyl sites for hydroxylation is 2. The highest BCUT2D eigenvalue weighted by molar-refractivity contribution is 7.97. The SMILES string of the molecule is CCCn1cc(SN2CCC(C(=O)N3CCCC3)(c3cc4cnn(-c5ccc(F)cc5)c4cc3C)CC2)cn1. The van der Waals surface area contributed by atoms with E-state index in [-0.39, 0.29) is 11.7 Å². The molecule has 9 heteroatoms. The molecule has 0 unspecified atom stereocenters. The maximum atomic E-state index is 14.2. The van der Waals surface area contributed by atoms with Crippen LogP contribution in [0.4, 0.5) is 4.39 Å². The van der Waals surface area contributed by atoms with E-state index in [1.165, 1.54) is 12.1 Å². The molecule has 4 aromatic rings. The number of hydrogen-bond acceptors (Lipinski definition) is 5. The van der Waals surface area contributed by atoms with Crippen molar-refractivity contribution in [3.63, 3.8) is 0 Å². The Hall–Kier alpha value is -3.17. The molecule has 204 valence electrons. The summed E-state index contributed by atoms with van der Waals surface area (Å²) in [5, 5.41) is 10.1. The third-order valence-corrected chi connectivity index (χ3v) is 9.22. The fourth-order valence-corrected chi connectivity index (χ4v) is 7.08. The zero-order valence-electron chi connectivity index (χ0n) is 22.6. The highest BCUT2D eigenvalue weighted by atomic mass is 32.2. The Bertz CT molecular complexity index is 1460. The van der Waals surface area contributed by atoms with Crippen molar-refractivity contribution in [2.24, 2.45) is 0 Å². The average Bonchev–Trinajstić information content (AvgIpc) is 3.71. The number of benzene rings is 2. The van der Waals surface area contributed by atoms with E-state index < -0.39 is 5.41 Å². The molecule has 2 aromatic carbocycles. The zero-order valence-corrected chi connectivity index (χ0v) is 23.5. The van der Waals surface area contributed by atoms with Gasteiger partial charge in [0.15, 0.2) is 0 Å². The molecule has 39 heavy (non-hydrogen) atoms. The van der Waals surface area contributed by atoms with E-state index in [9.17, 15) is 9.18 Å². The summed E-state index contributed by atoms with van der Waals surface area (Å²) < 4.78 is 19.7. The number of carbonyl (C=O) groups excluding carboxylic acids is 1. The van der Waals surface area contributed by atoms with E-state index in [2.05, 4.69) is 51.6 Å². The smallest absolute Gasteiger partial charge is 0.233 e. The molecule has 0 spiro atoms. The van der Waals surface area contributed by atoms with Crippen LogP contribution in [0.15, 0.2) is 59.9 Å². The van der Waals surface area contributed by atoms with Crippen LogP contribution in [0.3, 0.4) is 0 Å². The molecule has 0 bridgehead atoms. The van der Waals surface area contributed by atoms with Crippen LogP contribution in [0.5, 0.6) is 0 Å². The Morgan fingerprint density at radius 1 is 1.03 bits per heavy atom. The molecular formula is C30H35FN6OS. The lowest BCUT2D eigenvalue weighted by atomic mass is 9.70. The minimum atomic E-state index is -0.552. The van der Waals surface area contributed by atoms with Crippen molar-refractivity contribution in [1.29, 1.82) is 0 Å². The number of piperidine rings is 1. The van der Waals surface area contributed by atoms with Gasteiger partial charge in [-0.15, -0.1) is 0 Å². The number of carbonyl (C=O) groups is 1. The molecule has 7 nitrogen and oxygen atoms in total. The summed E-state index contributed by atoms with van der Waals surface area (Å²) in [5.74, 6) is 0.00383. The standard InChI is InChI=1S/C30H35FN6OS/c1-3-12-35-21-26(20-32-35)39-36-15-10-30(11-16-36,29(38)34-13-4-5-14-34)27-18-23-19-33-37(28(23)17-22(27)2)25-8-6-24(31)7-9-25/h6-9,17-21H,3-5,10-16H2,1-2H3. The van der Waals surface area contributed by atoms with Crippen molar-refractivity contribution in [2.75, 3.05) is 26.2 Å². The van der Waals surface area contributed by atoms with Crippen LogP contribution < -0.4 is 0 Å². The Balaban J connectivity index is 1.31. The second-order valence-electron chi connectivity index (χ2n) is 10.8. The van der Waals surface area contributed by atoms with Crippen LogP contribution in [-0.2, 0) is 16.8 Å². The lowest BCUT2D eigenvalue weighted by molar-refractivity contribution is -0.138. The molecule has 0 atom stereocenters. The van der Waals surface area contributed by atoms with Crippen LogP contribution in [0.25, 0.3) is 16.6 Å². The zero-order chi connectivity index (χ0) is 27.0. The van der Waals surface area contributed by atoms with Crippen LogP contribution in [0.1, 0.15) is 50.2 Å². The fraction of sp³-hybridized carbons (Fsp3) is 0.433. The molecular weight excluding hydrogens is 511 g/mol. The van der Waals surface area contributed by atoms with Crippen LogP contribution in [0, 0.1) is 12.7 Å². The average molecular weight is 547 g/mol. The number of rotatable bonds is 7. The maximum Gasteiger partial charge on any atom is 0.233 e. The van der Waals surface area contributed by atoms with Crippen molar-refractivity contribution in [3.05, 3.63) is 71.9 Å². The summed E-state index contributed by atoms with van der Waals surface area (Å²) in [7, 11) is 0. The summed E-state index contributed by atoms with van der Waals surface area (Å²) >= 11 is 1.74. The van der Waals surface area contributed by atoms with Crippen LogP contribution in [0.2, 0.25) is 0 Å². The van der Waals surface area contributed by atoms with Crippen molar-refractivity contribution < 1.29 is 9.18 Å². The molecule has 0 N–H and O–H groups in total. The van der Waals surface area contributed by atoms with Crippen LogP contribution >= 0.6 is 11.9 Å². The van der Waals surface area contributed by atoms with Gasteiger partial charge >= 0.3 is 0 Å². The van der Waals surface area contributed by atoms with Gasteiger partial charge < -0.3 is 4.90 Å². The van der Waals surface area contributed by atoms with Gasteiger partial charge in [0.05, 0.1) is 33.9 Å². The molecule has 2 aliphatic heterocycles. The first-order valence-corrected chi connectivity index (χ1v) is 14.7. The fourth-order valence-electron chi connectivity index (χ4n) is 6.15. The summed E-state index contributed by atoms with van der Waals surface area (Å²) in [6.45, 7) is 8.54. The lowest BCUT2D eigenvalue weighted by Crippen LogP contribution is -2.51. The first-order chi connectivity index (χ1) is 19.0. The maximum absolute atomic E-state index is 14.2. The first-order valence-electron chi connectivity index (χ1n) is 14.0. The Kier molecular flexibility index (Phi) is 7.20. The predicted molar refractivity (Wildman–Crippen MR) is 152 cm³/mol. The number of halogens is 1. The molecule has 1 amide bonds. The molecule has 4 heterocycles. The normalized spacial score (nSPS) is 17.8. The Morgan fingerprint density at radius 3 is 2.49 bits per heavy atom. The van der Waals surface area contributed by atoms with Gasteiger partial charge in [0, 0.05) is 44.3 Å². The monoisotopic (exact) mass is 546 g/mol. The summed E-state index contributed by atoms with van der Waals surface area (Å²) in [5.41, 5.74) is 3.44. The van der Waals surface area contributed by atoms with Gasteiger partial charge in [-0.25, -0.2) is 13.4 Å². The second kappa shape index (κ2) is 10.8. The van der Waals surface area contributed by atoms with E-state index in [0.29, 0.717) is 0 Å². The first kappa shape index (κ1) is 26.1. The molecule has 0 saturated carbocycles. The number of aromatic nitrogens is 4.